The summed E-state index contributed by atoms with van der Waals surface area (Å²) in [6.45, 7) is 3.69. The standard InChI is InChI=1S/C24H29N5O2/c1-28-16-25-15-22(28)18-2-3-19-14-26-23(13-20(19)12-18)27-24(30)17-4-6-21(7-5-17)29-8-10-31-11-9-29/h2-3,12-17,21H,4-11H2,1H3,(H,26,27,30). The van der Waals surface area contributed by atoms with Crippen molar-refractivity contribution in [2.75, 3.05) is 31.6 Å². The molecule has 162 valence electrons. The number of carbonyl (C=O) groups is 1. The van der Waals surface area contributed by atoms with Crippen LogP contribution in [0.25, 0.3) is 22.0 Å². The molecule has 0 radical (unpaired) electrons. The van der Waals surface area contributed by atoms with Gasteiger partial charge in [0.05, 0.1) is 31.4 Å². The van der Waals surface area contributed by atoms with Gasteiger partial charge in [-0.15, -0.1) is 0 Å². The van der Waals surface area contributed by atoms with Gasteiger partial charge in [0.15, 0.2) is 0 Å². The highest BCUT2D eigenvalue weighted by Crippen LogP contribution is 2.30. The fraction of sp³-hybridized carbons (Fsp3) is 0.458. The Morgan fingerprint density at radius 3 is 2.61 bits per heavy atom. The van der Waals surface area contributed by atoms with E-state index in [1.54, 1.807) is 6.33 Å². The number of fused-ring (bicyclic) bond motifs is 1. The minimum absolute atomic E-state index is 0.0653. The van der Waals surface area contributed by atoms with E-state index in [0.29, 0.717) is 11.9 Å². The van der Waals surface area contributed by atoms with Crippen LogP contribution in [0.1, 0.15) is 25.7 Å². The van der Waals surface area contributed by atoms with Crippen LogP contribution >= 0.6 is 0 Å². The van der Waals surface area contributed by atoms with Gasteiger partial charge in [-0.1, -0.05) is 12.1 Å². The number of morpholine rings is 1. The van der Waals surface area contributed by atoms with E-state index >= 15 is 0 Å². The maximum Gasteiger partial charge on any atom is 0.228 e. The summed E-state index contributed by atoms with van der Waals surface area (Å²) >= 11 is 0. The summed E-state index contributed by atoms with van der Waals surface area (Å²) < 4.78 is 7.46. The maximum absolute atomic E-state index is 12.9. The third kappa shape index (κ3) is 4.34. The van der Waals surface area contributed by atoms with E-state index in [1.165, 1.54) is 0 Å². The van der Waals surface area contributed by atoms with Gasteiger partial charge < -0.3 is 14.6 Å². The maximum atomic E-state index is 12.9. The van der Waals surface area contributed by atoms with Crippen molar-refractivity contribution in [1.82, 2.24) is 19.4 Å². The quantitative estimate of drug-likeness (QED) is 0.701. The predicted octanol–water partition coefficient (Wildman–Crippen LogP) is 3.46. The summed E-state index contributed by atoms with van der Waals surface area (Å²) in [5.74, 6) is 0.778. The molecule has 0 atom stereocenters. The highest BCUT2D eigenvalue weighted by Gasteiger charge is 2.30. The Hall–Kier alpha value is -2.77. The second-order valence-corrected chi connectivity index (χ2v) is 8.66. The van der Waals surface area contributed by atoms with E-state index in [1.807, 2.05) is 30.1 Å². The first-order valence-electron chi connectivity index (χ1n) is 11.2. The summed E-state index contributed by atoms with van der Waals surface area (Å²) in [4.78, 5) is 24.1. The first-order valence-corrected chi connectivity index (χ1v) is 11.2. The van der Waals surface area contributed by atoms with Crippen LogP contribution < -0.4 is 5.32 Å². The summed E-state index contributed by atoms with van der Waals surface area (Å²) in [7, 11) is 1.98. The number of aromatic nitrogens is 3. The van der Waals surface area contributed by atoms with Crippen molar-refractivity contribution in [3.63, 3.8) is 0 Å². The van der Waals surface area contributed by atoms with E-state index in [0.717, 1.165) is 74.0 Å². The number of aryl methyl sites for hydroxylation is 1. The fourth-order valence-electron chi connectivity index (χ4n) is 4.88. The van der Waals surface area contributed by atoms with E-state index in [9.17, 15) is 4.79 Å². The number of hydrogen-bond acceptors (Lipinski definition) is 5. The van der Waals surface area contributed by atoms with Gasteiger partial charge in [0.25, 0.3) is 0 Å². The van der Waals surface area contributed by atoms with Crippen LogP contribution in [0.4, 0.5) is 5.82 Å². The Balaban J connectivity index is 1.24. The van der Waals surface area contributed by atoms with E-state index in [2.05, 4.69) is 38.4 Å². The average molecular weight is 420 g/mol. The summed E-state index contributed by atoms with van der Waals surface area (Å²) in [5.41, 5.74) is 2.15. The lowest BCUT2D eigenvalue weighted by atomic mass is 9.84. The zero-order valence-electron chi connectivity index (χ0n) is 18.0. The number of nitrogens with one attached hydrogen (secondary N) is 1. The molecule has 7 nitrogen and oxygen atoms in total. The topological polar surface area (TPSA) is 72.3 Å². The van der Waals surface area contributed by atoms with Crippen molar-refractivity contribution in [3.8, 4) is 11.3 Å². The largest absolute Gasteiger partial charge is 0.379 e. The van der Waals surface area contributed by atoms with Gasteiger partial charge in [-0.05, 0) is 43.2 Å². The molecule has 1 amide bonds. The molecule has 3 aromatic rings. The van der Waals surface area contributed by atoms with Gasteiger partial charge in [0, 0.05) is 49.2 Å². The molecule has 0 bridgehead atoms. The Morgan fingerprint density at radius 2 is 1.87 bits per heavy atom. The minimum atomic E-state index is 0.0653. The van der Waals surface area contributed by atoms with E-state index in [-0.39, 0.29) is 11.8 Å². The number of hydrogen-bond donors (Lipinski definition) is 1. The van der Waals surface area contributed by atoms with Crippen LogP contribution in [-0.2, 0) is 16.6 Å². The molecule has 1 aromatic carbocycles. The van der Waals surface area contributed by atoms with Gasteiger partial charge >= 0.3 is 0 Å². The van der Waals surface area contributed by atoms with Gasteiger partial charge in [-0.3, -0.25) is 9.69 Å². The van der Waals surface area contributed by atoms with Crippen LogP contribution in [0, 0.1) is 5.92 Å². The number of rotatable bonds is 4. The lowest BCUT2D eigenvalue weighted by Crippen LogP contribution is -2.45. The molecule has 7 heteroatoms. The van der Waals surface area contributed by atoms with Crippen molar-refractivity contribution in [1.29, 1.82) is 0 Å². The number of amides is 1. The Labute approximate surface area is 182 Å². The molecule has 1 aliphatic heterocycles. The predicted molar refractivity (Wildman–Crippen MR) is 121 cm³/mol. The third-order valence-electron chi connectivity index (χ3n) is 6.72. The Bertz CT molecular complexity index is 1060. The molecule has 1 saturated carbocycles. The number of nitrogens with zero attached hydrogens (tertiary/aromatic N) is 4. The number of benzene rings is 1. The summed E-state index contributed by atoms with van der Waals surface area (Å²) in [6.07, 6.45) is 9.52. The second kappa shape index (κ2) is 8.77. The number of carbonyl (C=O) groups excluding carboxylic acids is 1. The van der Waals surface area contributed by atoms with Crippen LogP contribution in [0.15, 0.2) is 43.0 Å². The van der Waals surface area contributed by atoms with E-state index in [4.69, 9.17) is 4.74 Å². The number of ether oxygens (including phenoxy) is 1. The number of anilines is 1. The molecule has 1 aliphatic carbocycles. The molecular weight excluding hydrogens is 390 g/mol. The van der Waals surface area contributed by atoms with Crippen LogP contribution in [0.2, 0.25) is 0 Å². The first-order chi connectivity index (χ1) is 15.2. The number of pyridine rings is 1. The summed E-state index contributed by atoms with van der Waals surface area (Å²) in [6, 6.07) is 8.82. The van der Waals surface area contributed by atoms with E-state index < -0.39 is 0 Å². The molecule has 1 N–H and O–H groups in total. The molecule has 31 heavy (non-hydrogen) atoms. The summed E-state index contributed by atoms with van der Waals surface area (Å²) in [5, 5.41) is 5.17. The van der Waals surface area contributed by atoms with Gasteiger partial charge in [0.1, 0.15) is 5.82 Å². The van der Waals surface area contributed by atoms with Gasteiger partial charge in [-0.2, -0.15) is 0 Å². The third-order valence-corrected chi connectivity index (χ3v) is 6.72. The van der Waals surface area contributed by atoms with Gasteiger partial charge in [0.2, 0.25) is 5.91 Å². The molecule has 5 rings (SSSR count). The Kier molecular flexibility index (Phi) is 5.70. The fourth-order valence-corrected chi connectivity index (χ4v) is 4.88. The Morgan fingerprint density at radius 1 is 1.06 bits per heavy atom. The zero-order valence-corrected chi connectivity index (χ0v) is 18.0. The second-order valence-electron chi connectivity index (χ2n) is 8.66. The molecule has 3 heterocycles. The lowest BCUT2D eigenvalue weighted by molar-refractivity contribution is -0.121. The molecule has 0 unspecified atom stereocenters. The van der Waals surface area contributed by atoms with Gasteiger partial charge in [-0.25, -0.2) is 9.97 Å². The first kappa shape index (κ1) is 20.2. The zero-order chi connectivity index (χ0) is 21.2. The molecular formula is C24H29N5O2. The van der Waals surface area contributed by atoms with Crippen molar-refractivity contribution in [2.24, 2.45) is 13.0 Å². The van der Waals surface area contributed by atoms with Crippen LogP contribution in [0.5, 0.6) is 0 Å². The molecule has 2 fully saturated rings. The molecule has 2 aliphatic rings. The number of imidazole rings is 1. The average Bonchev–Trinajstić information content (AvgIpc) is 3.25. The molecule has 2 aromatic heterocycles. The van der Waals surface area contributed by atoms with Crippen molar-refractivity contribution >= 4 is 22.5 Å². The van der Waals surface area contributed by atoms with Crippen LogP contribution in [0.3, 0.4) is 0 Å². The SMILES string of the molecule is Cn1cncc1-c1ccc2cnc(NC(=O)C3CCC(N4CCOCC4)CC3)cc2c1. The monoisotopic (exact) mass is 419 g/mol. The minimum Gasteiger partial charge on any atom is -0.379 e. The normalized spacial score (nSPS) is 22.5. The lowest BCUT2D eigenvalue weighted by Gasteiger charge is -2.38. The van der Waals surface area contributed by atoms with Crippen molar-refractivity contribution in [2.45, 2.75) is 31.7 Å². The highest BCUT2D eigenvalue weighted by molar-refractivity contribution is 5.95. The highest BCUT2D eigenvalue weighted by atomic mass is 16.5. The van der Waals surface area contributed by atoms with Crippen LogP contribution in [-0.4, -0.2) is 57.7 Å². The smallest absolute Gasteiger partial charge is 0.228 e. The molecule has 0 spiro atoms. The van der Waals surface area contributed by atoms with Crippen molar-refractivity contribution in [3.05, 3.63) is 43.0 Å². The van der Waals surface area contributed by atoms with Crippen molar-refractivity contribution < 1.29 is 9.53 Å². The molecule has 1 saturated heterocycles.